The minimum absolute atomic E-state index is 0.310. The maximum Gasteiger partial charge on any atom is 0.417 e. The Bertz CT molecular complexity index is 272. The van der Waals surface area contributed by atoms with E-state index in [0.29, 0.717) is 31.1 Å². The highest BCUT2D eigenvalue weighted by atomic mass is 19.4. The molecule has 5 atom stereocenters. The zero-order valence-electron chi connectivity index (χ0n) is 9.72. The molecule has 0 saturated heterocycles. The third-order valence-electron chi connectivity index (χ3n) is 4.56. The van der Waals surface area contributed by atoms with Crippen LogP contribution in [0.2, 0.25) is 0 Å². The van der Waals surface area contributed by atoms with Gasteiger partial charge in [0, 0.05) is 0 Å². The number of alkyl halides is 3. The molecule has 2 rings (SSSR count). The molecule has 16 heavy (non-hydrogen) atoms. The fourth-order valence-electron chi connectivity index (χ4n) is 3.89. The van der Waals surface area contributed by atoms with E-state index < -0.39 is 23.6 Å². The van der Waals surface area contributed by atoms with E-state index >= 15 is 0 Å². The van der Waals surface area contributed by atoms with Gasteiger partial charge in [0.15, 0.2) is 5.60 Å². The molecule has 0 spiro atoms. The molecule has 1 nitrogen and oxygen atoms in total. The van der Waals surface area contributed by atoms with Gasteiger partial charge in [-0.3, -0.25) is 0 Å². The normalized spacial score (nSPS) is 49.1. The second kappa shape index (κ2) is 3.62. The molecule has 0 aromatic rings. The molecule has 4 heteroatoms. The van der Waals surface area contributed by atoms with Crippen molar-refractivity contribution in [3.8, 4) is 0 Å². The van der Waals surface area contributed by atoms with Crippen LogP contribution in [0.3, 0.4) is 0 Å². The summed E-state index contributed by atoms with van der Waals surface area (Å²) in [5.74, 6) is -0.565. The Morgan fingerprint density at radius 2 is 1.69 bits per heavy atom. The largest absolute Gasteiger partial charge is 0.417 e. The SMILES string of the molecule is CC1CC2CC(C)C(O)(C(F)(F)F)C(C1)C2. The van der Waals surface area contributed by atoms with Gasteiger partial charge in [-0.1, -0.05) is 13.8 Å². The standard InChI is InChI=1S/C12H19F3O/c1-7-3-9-5-8(2)11(16,12(13,14)15)10(4-7)6-9/h7-10,16H,3-6H2,1-2H3. The van der Waals surface area contributed by atoms with Gasteiger partial charge in [-0.25, -0.2) is 0 Å². The van der Waals surface area contributed by atoms with Crippen LogP contribution in [0.5, 0.6) is 0 Å². The number of aliphatic hydroxyl groups is 1. The summed E-state index contributed by atoms with van der Waals surface area (Å²) in [6.07, 6.45) is -1.90. The van der Waals surface area contributed by atoms with Crippen LogP contribution in [0.4, 0.5) is 13.2 Å². The Kier molecular flexibility index (Phi) is 2.76. The molecule has 2 saturated carbocycles. The molecule has 94 valence electrons. The van der Waals surface area contributed by atoms with Crippen molar-refractivity contribution >= 4 is 0 Å². The van der Waals surface area contributed by atoms with Crippen molar-refractivity contribution in [3.05, 3.63) is 0 Å². The molecule has 2 bridgehead atoms. The predicted molar refractivity (Wildman–Crippen MR) is 54.8 cm³/mol. The lowest BCUT2D eigenvalue weighted by Crippen LogP contribution is -2.60. The van der Waals surface area contributed by atoms with Crippen LogP contribution in [0.1, 0.15) is 39.5 Å². The number of hydrogen-bond donors (Lipinski definition) is 1. The van der Waals surface area contributed by atoms with Crippen LogP contribution in [0.25, 0.3) is 0 Å². The molecule has 2 fully saturated rings. The Hall–Kier alpha value is -0.250. The summed E-state index contributed by atoms with van der Waals surface area (Å²) >= 11 is 0. The Morgan fingerprint density at radius 1 is 1.06 bits per heavy atom. The molecule has 0 amide bonds. The average Bonchev–Trinajstić information content (AvgIpc) is 2.11. The van der Waals surface area contributed by atoms with Crippen LogP contribution < -0.4 is 0 Å². The molecule has 2 aliphatic carbocycles. The lowest BCUT2D eigenvalue weighted by Gasteiger charge is -2.52. The van der Waals surface area contributed by atoms with Crippen molar-refractivity contribution in [2.75, 3.05) is 0 Å². The van der Waals surface area contributed by atoms with E-state index in [-0.39, 0.29) is 0 Å². The van der Waals surface area contributed by atoms with E-state index in [4.69, 9.17) is 0 Å². The van der Waals surface area contributed by atoms with Crippen molar-refractivity contribution in [1.29, 1.82) is 0 Å². The third kappa shape index (κ3) is 1.66. The first-order valence-electron chi connectivity index (χ1n) is 6.04. The number of halogens is 3. The van der Waals surface area contributed by atoms with Gasteiger partial charge in [-0.05, 0) is 49.4 Å². The lowest BCUT2D eigenvalue weighted by atomic mass is 9.57. The highest BCUT2D eigenvalue weighted by Crippen LogP contribution is 2.55. The summed E-state index contributed by atoms with van der Waals surface area (Å²) < 4.78 is 39.1. The minimum atomic E-state index is -4.49. The van der Waals surface area contributed by atoms with Gasteiger partial charge >= 0.3 is 6.18 Å². The first-order valence-corrected chi connectivity index (χ1v) is 6.04. The summed E-state index contributed by atoms with van der Waals surface area (Å²) in [4.78, 5) is 0. The zero-order valence-corrected chi connectivity index (χ0v) is 9.72. The van der Waals surface area contributed by atoms with E-state index in [1.54, 1.807) is 6.92 Å². The molecule has 0 heterocycles. The van der Waals surface area contributed by atoms with Crippen molar-refractivity contribution in [2.24, 2.45) is 23.7 Å². The predicted octanol–water partition coefficient (Wildman–Crippen LogP) is 3.37. The molecule has 1 N–H and O–H groups in total. The first kappa shape index (κ1) is 12.2. The second-order valence-corrected chi connectivity index (χ2v) is 5.84. The van der Waals surface area contributed by atoms with Gasteiger partial charge < -0.3 is 5.11 Å². The summed E-state index contributed by atoms with van der Waals surface area (Å²) in [6.45, 7) is 3.54. The minimum Gasteiger partial charge on any atom is -0.380 e. The monoisotopic (exact) mass is 236 g/mol. The zero-order chi connectivity index (χ0) is 12.1. The highest BCUT2D eigenvalue weighted by molar-refractivity contribution is 5.04. The van der Waals surface area contributed by atoms with E-state index in [0.717, 1.165) is 6.42 Å². The highest BCUT2D eigenvalue weighted by Gasteiger charge is 2.64. The summed E-state index contributed by atoms with van der Waals surface area (Å²) in [7, 11) is 0. The number of rotatable bonds is 0. The molecule has 0 aromatic carbocycles. The Labute approximate surface area is 94.0 Å². The fourth-order valence-corrected chi connectivity index (χ4v) is 3.89. The average molecular weight is 236 g/mol. The molecule has 2 aliphatic rings. The maximum absolute atomic E-state index is 13.0. The Morgan fingerprint density at radius 3 is 2.25 bits per heavy atom. The second-order valence-electron chi connectivity index (χ2n) is 5.84. The van der Waals surface area contributed by atoms with Crippen molar-refractivity contribution in [3.63, 3.8) is 0 Å². The molecular formula is C12H19F3O. The number of hydrogen-bond acceptors (Lipinski definition) is 1. The maximum atomic E-state index is 13.0. The summed E-state index contributed by atoms with van der Waals surface area (Å²) in [6, 6.07) is 0. The van der Waals surface area contributed by atoms with Gasteiger partial charge in [0.25, 0.3) is 0 Å². The quantitative estimate of drug-likeness (QED) is 0.683. The number of fused-ring (bicyclic) bond motifs is 2. The molecule has 5 unspecified atom stereocenters. The molecule has 0 radical (unpaired) electrons. The van der Waals surface area contributed by atoms with Gasteiger partial charge in [0.05, 0.1) is 0 Å². The topological polar surface area (TPSA) is 20.2 Å². The lowest BCUT2D eigenvalue weighted by molar-refractivity contribution is -0.314. The van der Waals surface area contributed by atoms with E-state index in [2.05, 4.69) is 0 Å². The summed E-state index contributed by atoms with van der Waals surface area (Å²) in [5, 5.41) is 10.1. The van der Waals surface area contributed by atoms with Gasteiger partial charge in [0.2, 0.25) is 0 Å². The molecule has 0 aliphatic heterocycles. The smallest absolute Gasteiger partial charge is 0.380 e. The molecule has 0 aromatic heterocycles. The van der Waals surface area contributed by atoms with E-state index in [9.17, 15) is 18.3 Å². The van der Waals surface area contributed by atoms with Crippen LogP contribution in [0.15, 0.2) is 0 Å². The van der Waals surface area contributed by atoms with E-state index in [1.807, 2.05) is 6.92 Å². The fraction of sp³-hybridized carbons (Fsp3) is 1.00. The van der Waals surface area contributed by atoms with Crippen LogP contribution >= 0.6 is 0 Å². The van der Waals surface area contributed by atoms with Crippen molar-refractivity contribution in [2.45, 2.75) is 51.3 Å². The van der Waals surface area contributed by atoms with Crippen LogP contribution in [0, 0.1) is 23.7 Å². The van der Waals surface area contributed by atoms with Crippen molar-refractivity contribution < 1.29 is 18.3 Å². The van der Waals surface area contributed by atoms with E-state index in [1.165, 1.54) is 0 Å². The van der Waals surface area contributed by atoms with Crippen molar-refractivity contribution in [1.82, 2.24) is 0 Å². The van der Waals surface area contributed by atoms with Crippen LogP contribution in [-0.2, 0) is 0 Å². The molecular weight excluding hydrogens is 217 g/mol. The van der Waals surface area contributed by atoms with Crippen LogP contribution in [-0.4, -0.2) is 16.9 Å². The van der Waals surface area contributed by atoms with Gasteiger partial charge in [0.1, 0.15) is 0 Å². The summed E-state index contributed by atoms with van der Waals surface area (Å²) in [5.41, 5.74) is -2.45. The van der Waals surface area contributed by atoms with Gasteiger partial charge in [-0.2, -0.15) is 13.2 Å². The van der Waals surface area contributed by atoms with Gasteiger partial charge in [-0.15, -0.1) is 0 Å². The first-order chi connectivity index (χ1) is 7.25. The Balaban J connectivity index is 2.30. The third-order valence-corrected chi connectivity index (χ3v) is 4.56.